The molecule has 0 aromatic rings. The van der Waals surface area contributed by atoms with Crippen molar-refractivity contribution in [3.8, 4) is 0 Å². The summed E-state index contributed by atoms with van der Waals surface area (Å²) < 4.78 is 0. The van der Waals surface area contributed by atoms with Gasteiger partial charge in [-0.2, -0.15) is 0 Å². The molecular weight excluding hydrogens is 220 g/mol. The molecule has 108 valence electrons. The summed E-state index contributed by atoms with van der Waals surface area (Å²) in [5.41, 5.74) is 10.9. The van der Waals surface area contributed by atoms with E-state index in [4.69, 9.17) is 11.5 Å². The fourth-order valence-corrected chi connectivity index (χ4v) is 2.11. The van der Waals surface area contributed by atoms with Crippen LogP contribution < -0.4 is 11.5 Å². The molecule has 0 heterocycles. The highest BCUT2D eigenvalue weighted by molar-refractivity contribution is 4.81. The Labute approximate surface area is 114 Å². The molecule has 2 heteroatoms. The summed E-state index contributed by atoms with van der Waals surface area (Å²) in [5.74, 6) is 0. The topological polar surface area (TPSA) is 52.0 Å². The van der Waals surface area contributed by atoms with Gasteiger partial charge in [0.25, 0.3) is 0 Å². The van der Waals surface area contributed by atoms with Crippen LogP contribution in [0.1, 0.15) is 77.0 Å². The Hall–Kier alpha value is -0.340. The highest BCUT2D eigenvalue weighted by Gasteiger charge is 1.89. The molecule has 0 aromatic carbocycles. The first-order chi connectivity index (χ1) is 8.91. The number of hydrogen-bond donors (Lipinski definition) is 2. The first kappa shape index (κ1) is 17.7. The molecule has 0 aliphatic carbocycles. The highest BCUT2D eigenvalue weighted by atomic mass is 14.5. The molecule has 0 unspecified atom stereocenters. The molecular formula is C16H34N2. The van der Waals surface area contributed by atoms with Crippen LogP contribution >= 0.6 is 0 Å². The van der Waals surface area contributed by atoms with Gasteiger partial charge in [0.05, 0.1) is 0 Å². The van der Waals surface area contributed by atoms with E-state index in [2.05, 4.69) is 12.2 Å². The van der Waals surface area contributed by atoms with Gasteiger partial charge in [-0.1, -0.05) is 50.7 Å². The second-order valence-corrected chi connectivity index (χ2v) is 5.16. The van der Waals surface area contributed by atoms with Crippen LogP contribution in [-0.4, -0.2) is 13.1 Å². The highest BCUT2D eigenvalue weighted by Crippen LogP contribution is 2.08. The number of rotatable bonds is 14. The van der Waals surface area contributed by atoms with Gasteiger partial charge in [0, 0.05) is 0 Å². The summed E-state index contributed by atoms with van der Waals surface area (Å²) in [7, 11) is 0. The van der Waals surface area contributed by atoms with Gasteiger partial charge in [-0.15, -0.1) is 0 Å². The molecule has 0 bridgehead atoms. The van der Waals surface area contributed by atoms with Crippen LogP contribution in [0.2, 0.25) is 0 Å². The average molecular weight is 254 g/mol. The third-order valence-electron chi connectivity index (χ3n) is 3.32. The lowest BCUT2D eigenvalue weighted by molar-refractivity contribution is 0.617. The zero-order chi connectivity index (χ0) is 13.3. The first-order valence-electron chi connectivity index (χ1n) is 7.97. The Morgan fingerprint density at radius 3 is 1.17 bits per heavy atom. The predicted octanol–water partition coefficient (Wildman–Crippen LogP) is 4.14. The monoisotopic (exact) mass is 254 g/mol. The largest absolute Gasteiger partial charge is 0.330 e. The van der Waals surface area contributed by atoms with Gasteiger partial charge in [-0.25, -0.2) is 0 Å². The van der Waals surface area contributed by atoms with Gasteiger partial charge >= 0.3 is 0 Å². The Balaban J connectivity index is 3.00. The molecule has 0 aliphatic rings. The maximum Gasteiger partial charge on any atom is -0.00773 e. The lowest BCUT2D eigenvalue weighted by Gasteiger charge is -1.98. The molecule has 0 radical (unpaired) electrons. The van der Waals surface area contributed by atoms with Crippen molar-refractivity contribution in [1.29, 1.82) is 0 Å². The normalized spacial score (nSPS) is 11.4. The van der Waals surface area contributed by atoms with Crippen LogP contribution in [0.5, 0.6) is 0 Å². The maximum absolute atomic E-state index is 5.46. The van der Waals surface area contributed by atoms with E-state index in [1.54, 1.807) is 0 Å². The van der Waals surface area contributed by atoms with E-state index in [1.165, 1.54) is 77.0 Å². The van der Waals surface area contributed by atoms with Gasteiger partial charge in [0.1, 0.15) is 0 Å². The molecule has 0 aliphatic heterocycles. The number of allylic oxidation sites excluding steroid dienone is 2. The lowest BCUT2D eigenvalue weighted by atomic mass is 10.1. The smallest absolute Gasteiger partial charge is 0.00773 e. The summed E-state index contributed by atoms with van der Waals surface area (Å²) in [6, 6.07) is 0. The van der Waals surface area contributed by atoms with E-state index in [9.17, 15) is 0 Å². The second-order valence-electron chi connectivity index (χ2n) is 5.16. The Bertz CT molecular complexity index is 148. The van der Waals surface area contributed by atoms with Crippen molar-refractivity contribution in [2.75, 3.05) is 13.1 Å². The molecule has 0 rings (SSSR count). The minimum Gasteiger partial charge on any atom is -0.330 e. The maximum atomic E-state index is 5.46. The SMILES string of the molecule is NCCCCCCCC=CCCCCCCCN. The second kappa shape index (κ2) is 16.7. The Morgan fingerprint density at radius 1 is 0.444 bits per heavy atom. The predicted molar refractivity (Wildman–Crippen MR) is 82.7 cm³/mol. The van der Waals surface area contributed by atoms with Gasteiger partial charge < -0.3 is 11.5 Å². The fourth-order valence-electron chi connectivity index (χ4n) is 2.11. The van der Waals surface area contributed by atoms with Crippen molar-refractivity contribution in [2.45, 2.75) is 77.0 Å². The van der Waals surface area contributed by atoms with Gasteiger partial charge in [0.15, 0.2) is 0 Å². The zero-order valence-corrected chi connectivity index (χ0v) is 12.2. The van der Waals surface area contributed by atoms with E-state index in [-0.39, 0.29) is 0 Å². The van der Waals surface area contributed by atoms with Crippen molar-refractivity contribution in [3.63, 3.8) is 0 Å². The summed E-state index contributed by atoms with van der Waals surface area (Å²) in [5, 5.41) is 0. The third kappa shape index (κ3) is 15.7. The third-order valence-corrected chi connectivity index (χ3v) is 3.32. The van der Waals surface area contributed by atoms with Crippen LogP contribution in [0.15, 0.2) is 12.2 Å². The van der Waals surface area contributed by atoms with Gasteiger partial charge in [-0.3, -0.25) is 0 Å². The van der Waals surface area contributed by atoms with Crippen molar-refractivity contribution >= 4 is 0 Å². The molecule has 2 nitrogen and oxygen atoms in total. The van der Waals surface area contributed by atoms with Crippen molar-refractivity contribution in [3.05, 3.63) is 12.2 Å². The number of unbranched alkanes of at least 4 members (excludes halogenated alkanes) is 10. The van der Waals surface area contributed by atoms with Gasteiger partial charge in [0.2, 0.25) is 0 Å². The lowest BCUT2D eigenvalue weighted by Crippen LogP contribution is -1.97. The van der Waals surface area contributed by atoms with Crippen LogP contribution in [-0.2, 0) is 0 Å². The van der Waals surface area contributed by atoms with E-state index in [0.717, 1.165) is 13.1 Å². The molecule has 0 amide bonds. The minimum atomic E-state index is 0.852. The summed E-state index contributed by atoms with van der Waals surface area (Å²) in [4.78, 5) is 0. The number of hydrogen-bond acceptors (Lipinski definition) is 2. The van der Waals surface area contributed by atoms with E-state index in [0.29, 0.717) is 0 Å². The van der Waals surface area contributed by atoms with Crippen molar-refractivity contribution in [2.24, 2.45) is 11.5 Å². The van der Waals surface area contributed by atoms with E-state index < -0.39 is 0 Å². The summed E-state index contributed by atoms with van der Waals surface area (Å²) in [6.07, 6.45) is 20.4. The molecule has 0 aromatic heterocycles. The average Bonchev–Trinajstić information content (AvgIpc) is 2.39. The first-order valence-corrected chi connectivity index (χ1v) is 7.97. The molecule has 0 atom stereocenters. The Morgan fingerprint density at radius 2 is 0.778 bits per heavy atom. The summed E-state index contributed by atoms with van der Waals surface area (Å²) in [6.45, 7) is 1.70. The number of nitrogens with two attached hydrogens (primary N) is 2. The van der Waals surface area contributed by atoms with Gasteiger partial charge in [-0.05, 0) is 51.6 Å². The van der Waals surface area contributed by atoms with E-state index in [1.807, 2.05) is 0 Å². The standard InChI is InChI=1S/C16H34N2/c17-15-13-11-9-7-5-3-1-2-4-6-8-10-12-14-16-18/h1-2H,3-18H2. The fraction of sp³-hybridized carbons (Fsp3) is 0.875. The molecule has 0 spiro atoms. The Kier molecular flexibility index (Phi) is 16.3. The molecule has 0 fully saturated rings. The molecule has 4 N–H and O–H groups in total. The van der Waals surface area contributed by atoms with Crippen LogP contribution in [0, 0.1) is 0 Å². The molecule has 18 heavy (non-hydrogen) atoms. The molecule has 0 saturated heterocycles. The van der Waals surface area contributed by atoms with Crippen molar-refractivity contribution in [1.82, 2.24) is 0 Å². The van der Waals surface area contributed by atoms with Crippen LogP contribution in [0.3, 0.4) is 0 Å². The van der Waals surface area contributed by atoms with Crippen molar-refractivity contribution < 1.29 is 0 Å². The zero-order valence-electron chi connectivity index (χ0n) is 12.2. The minimum absolute atomic E-state index is 0.852. The molecule has 0 saturated carbocycles. The summed E-state index contributed by atoms with van der Waals surface area (Å²) >= 11 is 0. The van der Waals surface area contributed by atoms with E-state index >= 15 is 0 Å². The van der Waals surface area contributed by atoms with Crippen LogP contribution in [0.4, 0.5) is 0 Å². The quantitative estimate of drug-likeness (QED) is 0.361. The van der Waals surface area contributed by atoms with Crippen LogP contribution in [0.25, 0.3) is 0 Å².